The molecule has 4 nitrogen and oxygen atoms in total. The van der Waals surface area contributed by atoms with Gasteiger partial charge in [-0.05, 0) is 18.6 Å². The minimum absolute atomic E-state index is 0.0804. The summed E-state index contributed by atoms with van der Waals surface area (Å²) in [7, 11) is 1.22. The molecule has 0 fully saturated rings. The van der Waals surface area contributed by atoms with Crippen molar-refractivity contribution in [2.75, 3.05) is 7.11 Å². The van der Waals surface area contributed by atoms with Gasteiger partial charge in [0.15, 0.2) is 5.75 Å². The number of ether oxygens (including phenoxy) is 2. The molecule has 1 aromatic rings. The third-order valence-corrected chi connectivity index (χ3v) is 1.89. The third-order valence-electron chi connectivity index (χ3n) is 1.89. The van der Waals surface area contributed by atoms with Crippen molar-refractivity contribution < 1.29 is 22.6 Å². The molecule has 7 heteroatoms. The van der Waals surface area contributed by atoms with Gasteiger partial charge in [-0.2, -0.15) is 0 Å². The van der Waals surface area contributed by atoms with Gasteiger partial charge in [0.2, 0.25) is 0 Å². The van der Waals surface area contributed by atoms with E-state index in [9.17, 15) is 13.2 Å². The first-order valence-electron chi connectivity index (χ1n) is 4.37. The summed E-state index contributed by atoms with van der Waals surface area (Å²) in [5, 5.41) is 0. The zero-order valence-electron chi connectivity index (χ0n) is 8.76. The molecule has 0 bridgehead atoms. The zero-order valence-corrected chi connectivity index (χ0v) is 8.76. The average Bonchev–Trinajstić information content (AvgIpc) is 2.18. The Balaban J connectivity index is 3.15. The van der Waals surface area contributed by atoms with Crippen molar-refractivity contribution in [2.24, 2.45) is 5.73 Å². The first-order chi connectivity index (χ1) is 7.37. The fraction of sp³-hybridized carbons (Fsp3) is 0.444. The van der Waals surface area contributed by atoms with Gasteiger partial charge in [-0.25, -0.2) is 4.98 Å². The SMILES string of the molecule is COc1nc(C)c(CN)cc1OC(F)(F)F. The number of hydrogen-bond acceptors (Lipinski definition) is 4. The minimum atomic E-state index is -4.78. The predicted molar refractivity (Wildman–Crippen MR) is 50.1 cm³/mol. The summed E-state index contributed by atoms with van der Waals surface area (Å²) in [5.41, 5.74) is 6.34. The number of methoxy groups -OCH3 is 1. The molecule has 0 saturated carbocycles. The van der Waals surface area contributed by atoms with Gasteiger partial charge in [0.05, 0.1) is 7.11 Å². The van der Waals surface area contributed by atoms with Gasteiger partial charge in [-0.3, -0.25) is 0 Å². The number of halogens is 3. The smallest absolute Gasteiger partial charge is 0.478 e. The van der Waals surface area contributed by atoms with Crippen molar-refractivity contribution >= 4 is 0 Å². The van der Waals surface area contributed by atoms with E-state index in [-0.39, 0.29) is 12.4 Å². The first kappa shape index (κ1) is 12.6. The number of aryl methyl sites for hydroxylation is 1. The van der Waals surface area contributed by atoms with E-state index in [0.29, 0.717) is 11.3 Å². The van der Waals surface area contributed by atoms with Crippen LogP contribution in [0.5, 0.6) is 11.6 Å². The Hall–Kier alpha value is -1.50. The molecule has 1 aromatic heterocycles. The molecule has 0 amide bonds. The van der Waals surface area contributed by atoms with Crippen molar-refractivity contribution in [3.05, 3.63) is 17.3 Å². The van der Waals surface area contributed by atoms with Crippen LogP contribution in [0.25, 0.3) is 0 Å². The van der Waals surface area contributed by atoms with Gasteiger partial charge in [0, 0.05) is 12.2 Å². The van der Waals surface area contributed by atoms with Crippen LogP contribution < -0.4 is 15.2 Å². The fourth-order valence-electron chi connectivity index (χ4n) is 1.15. The van der Waals surface area contributed by atoms with Crippen LogP contribution in [0.2, 0.25) is 0 Å². The van der Waals surface area contributed by atoms with Gasteiger partial charge in [-0.1, -0.05) is 0 Å². The van der Waals surface area contributed by atoms with Crippen molar-refractivity contribution in [1.29, 1.82) is 0 Å². The summed E-state index contributed by atoms with van der Waals surface area (Å²) in [6.07, 6.45) is -4.78. The molecule has 0 radical (unpaired) electrons. The Labute approximate surface area is 90.2 Å². The van der Waals surface area contributed by atoms with Gasteiger partial charge in [0.1, 0.15) is 0 Å². The van der Waals surface area contributed by atoms with Crippen molar-refractivity contribution in [3.8, 4) is 11.6 Å². The molecular weight excluding hydrogens is 225 g/mol. The van der Waals surface area contributed by atoms with Crippen LogP contribution in [0.3, 0.4) is 0 Å². The standard InChI is InChI=1S/C9H11F3N2O2/c1-5-6(4-13)3-7(8(14-5)15-2)16-9(10,11)12/h3H,4,13H2,1-2H3. The maximum atomic E-state index is 12.1. The average molecular weight is 236 g/mol. The molecule has 0 atom stereocenters. The molecule has 0 aromatic carbocycles. The van der Waals surface area contributed by atoms with Crippen LogP contribution in [0.1, 0.15) is 11.3 Å². The van der Waals surface area contributed by atoms with Gasteiger partial charge in [0.25, 0.3) is 5.88 Å². The molecule has 0 saturated heterocycles. The molecular formula is C9H11F3N2O2. The van der Waals surface area contributed by atoms with E-state index in [2.05, 4.69) is 9.72 Å². The van der Waals surface area contributed by atoms with Crippen molar-refractivity contribution in [1.82, 2.24) is 4.98 Å². The predicted octanol–water partition coefficient (Wildman–Crippen LogP) is 1.76. The highest BCUT2D eigenvalue weighted by atomic mass is 19.4. The van der Waals surface area contributed by atoms with Gasteiger partial charge >= 0.3 is 6.36 Å². The number of nitrogens with zero attached hydrogens (tertiary/aromatic N) is 1. The van der Waals surface area contributed by atoms with E-state index in [1.165, 1.54) is 13.2 Å². The van der Waals surface area contributed by atoms with Crippen LogP contribution in [0.4, 0.5) is 13.2 Å². The maximum absolute atomic E-state index is 12.1. The number of hydrogen-bond donors (Lipinski definition) is 1. The Morgan fingerprint density at radius 1 is 1.44 bits per heavy atom. The van der Waals surface area contributed by atoms with E-state index in [1.54, 1.807) is 6.92 Å². The van der Waals surface area contributed by atoms with Crippen LogP contribution >= 0.6 is 0 Å². The van der Waals surface area contributed by atoms with Crippen LogP contribution in [-0.4, -0.2) is 18.5 Å². The Morgan fingerprint density at radius 3 is 2.50 bits per heavy atom. The van der Waals surface area contributed by atoms with E-state index in [4.69, 9.17) is 10.5 Å². The molecule has 90 valence electrons. The maximum Gasteiger partial charge on any atom is 0.573 e. The molecule has 0 aliphatic heterocycles. The van der Waals surface area contributed by atoms with E-state index < -0.39 is 12.1 Å². The largest absolute Gasteiger partial charge is 0.573 e. The number of rotatable bonds is 3. The Kier molecular flexibility index (Phi) is 3.58. The Morgan fingerprint density at radius 2 is 2.06 bits per heavy atom. The van der Waals surface area contributed by atoms with E-state index in [1.807, 2.05) is 0 Å². The number of nitrogens with two attached hydrogens (primary N) is 1. The molecule has 0 unspecified atom stereocenters. The summed E-state index contributed by atoms with van der Waals surface area (Å²) in [4.78, 5) is 3.82. The summed E-state index contributed by atoms with van der Waals surface area (Å²) in [6, 6.07) is 1.18. The fourth-order valence-corrected chi connectivity index (χ4v) is 1.15. The summed E-state index contributed by atoms with van der Waals surface area (Å²) < 4.78 is 44.6. The number of alkyl halides is 3. The summed E-state index contributed by atoms with van der Waals surface area (Å²) >= 11 is 0. The summed E-state index contributed by atoms with van der Waals surface area (Å²) in [5.74, 6) is -0.701. The highest BCUT2D eigenvalue weighted by molar-refractivity contribution is 5.39. The normalized spacial score (nSPS) is 11.4. The highest BCUT2D eigenvalue weighted by Gasteiger charge is 2.33. The molecule has 1 rings (SSSR count). The lowest BCUT2D eigenvalue weighted by Crippen LogP contribution is -2.18. The number of pyridine rings is 1. The molecule has 2 N–H and O–H groups in total. The molecule has 0 aliphatic rings. The molecule has 0 aliphatic carbocycles. The van der Waals surface area contributed by atoms with E-state index >= 15 is 0 Å². The Bertz CT molecular complexity index is 380. The number of aromatic nitrogens is 1. The third kappa shape index (κ3) is 2.99. The second kappa shape index (κ2) is 4.56. The van der Waals surface area contributed by atoms with Crippen molar-refractivity contribution in [2.45, 2.75) is 19.8 Å². The lowest BCUT2D eigenvalue weighted by atomic mass is 10.2. The molecule has 0 spiro atoms. The lowest BCUT2D eigenvalue weighted by Gasteiger charge is -2.13. The molecule has 16 heavy (non-hydrogen) atoms. The summed E-state index contributed by atoms with van der Waals surface area (Å²) in [6.45, 7) is 1.71. The minimum Gasteiger partial charge on any atom is -0.478 e. The van der Waals surface area contributed by atoms with Gasteiger partial charge < -0.3 is 15.2 Å². The topological polar surface area (TPSA) is 57.4 Å². The molecule has 1 heterocycles. The first-order valence-corrected chi connectivity index (χ1v) is 4.37. The zero-order chi connectivity index (χ0) is 12.3. The second-order valence-corrected chi connectivity index (χ2v) is 2.99. The van der Waals surface area contributed by atoms with Crippen LogP contribution in [0, 0.1) is 6.92 Å². The van der Waals surface area contributed by atoms with E-state index in [0.717, 1.165) is 0 Å². The highest BCUT2D eigenvalue weighted by Crippen LogP contribution is 2.31. The van der Waals surface area contributed by atoms with Gasteiger partial charge in [-0.15, -0.1) is 13.2 Å². The second-order valence-electron chi connectivity index (χ2n) is 2.99. The van der Waals surface area contributed by atoms with Crippen molar-refractivity contribution in [3.63, 3.8) is 0 Å². The quantitative estimate of drug-likeness (QED) is 0.868. The van der Waals surface area contributed by atoms with Crippen LogP contribution in [0.15, 0.2) is 6.07 Å². The van der Waals surface area contributed by atoms with Crippen LogP contribution in [-0.2, 0) is 6.54 Å². The monoisotopic (exact) mass is 236 g/mol. The lowest BCUT2D eigenvalue weighted by molar-refractivity contribution is -0.275.